The number of amides is 2. The van der Waals surface area contributed by atoms with E-state index in [1.165, 1.54) is 6.08 Å². The minimum absolute atomic E-state index is 0.336. The molecule has 3 aliphatic rings. The second kappa shape index (κ2) is 7.80. The molecule has 162 valence electrons. The molecule has 0 spiro atoms. The number of rotatable bonds is 5. The number of para-hydroxylation sites is 1. The average Bonchev–Trinajstić information content (AvgIpc) is 3.11. The monoisotopic (exact) mass is 422 g/mol. The van der Waals surface area contributed by atoms with E-state index >= 15 is 0 Å². The molecule has 2 heterocycles. The maximum atomic E-state index is 12.5. The van der Waals surface area contributed by atoms with Crippen molar-refractivity contribution in [3.8, 4) is 0 Å². The first-order chi connectivity index (χ1) is 14.7. The standard InChI is InChI=1S/C24H26N2O5/c1-24(2)18-10-6-7-11-19(18)25(3)20(24)12-15(27)14-31-21(28)13-26-22(29)16-8-4-5-9-17(16)23(26)30/h4-7,10-12,16-17H,8-9,13-14H2,1-3H3/b20-12+. The van der Waals surface area contributed by atoms with Crippen molar-refractivity contribution >= 4 is 29.3 Å². The van der Waals surface area contributed by atoms with Crippen LogP contribution in [0.4, 0.5) is 5.69 Å². The summed E-state index contributed by atoms with van der Waals surface area (Å²) in [5.74, 6) is -2.57. The average molecular weight is 422 g/mol. The van der Waals surface area contributed by atoms with Crippen LogP contribution in [-0.2, 0) is 29.3 Å². The lowest BCUT2D eigenvalue weighted by Gasteiger charge is -2.23. The van der Waals surface area contributed by atoms with Gasteiger partial charge in [-0.3, -0.25) is 24.1 Å². The van der Waals surface area contributed by atoms with Gasteiger partial charge in [-0.15, -0.1) is 0 Å². The zero-order chi connectivity index (χ0) is 22.3. The Kier molecular flexibility index (Phi) is 5.29. The summed E-state index contributed by atoms with van der Waals surface area (Å²) in [6.07, 6.45) is 6.30. The number of nitrogens with zero attached hydrogens (tertiary/aromatic N) is 2. The number of likely N-dealkylation sites (tertiary alicyclic amines) is 1. The van der Waals surface area contributed by atoms with Crippen molar-refractivity contribution in [2.75, 3.05) is 25.1 Å². The lowest BCUT2D eigenvalue weighted by Crippen LogP contribution is -2.37. The van der Waals surface area contributed by atoms with Crippen molar-refractivity contribution in [3.05, 3.63) is 53.8 Å². The Morgan fingerprint density at radius 3 is 2.32 bits per heavy atom. The number of allylic oxidation sites excluding steroid dienone is 3. The van der Waals surface area contributed by atoms with E-state index in [4.69, 9.17) is 4.74 Å². The Hall–Kier alpha value is -3.22. The van der Waals surface area contributed by atoms with Gasteiger partial charge in [0.2, 0.25) is 11.8 Å². The van der Waals surface area contributed by atoms with Gasteiger partial charge in [-0.25, -0.2) is 0 Å². The SMILES string of the molecule is CN1/C(=C/C(=O)COC(=O)CN2C(=O)C3CC=CCC3C2=O)C(C)(C)c2ccccc21. The van der Waals surface area contributed by atoms with E-state index in [9.17, 15) is 19.2 Å². The fourth-order valence-corrected chi connectivity index (χ4v) is 4.80. The number of hydrogen-bond donors (Lipinski definition) is 0. The molecule has 0 saturated carbocycles. The molecule has 0 radical (unpaired) electrons. The van der Waals surface area contributed by atoms with Gasteiger partial charge in [-0.2, -0.15) is 0 Å². The van der Waals surface area contributed by atoms with Crippen molar-refractivity contribution in [2.45, 2.75) is 32.1 Å². The Bertz CT molecular complexity index is 997. The van der Waals surface area contributed by atoms with Crippen LogP contribution in [0.15, 0.2) is 48.2 Å². The van der Waals surface area contributed by atoms with Crippen molar-refractivity contribution < 1.29 is 23.9 Å². The molecule has 7 nitrogen and oxygen atoms in total. The number of benzene rings is 1. The molecule has 1 fully saturated rings. The van der Waals surface area contributed by atoms with Crippen LogP contribution in [0.5, 0.6) is 0 Å². The number of fused-ring (bicyclic) bond motifs is 2. The third-order valence-corrected chi connectivity index (χ3v) is 6.50. The van der Waals surface area contributed by atoms with Crippen LogP contribution in [0, 0.1) is 11.8 Å². The number of esters is 1. The highest BCUT2D eigenvalue weighted by molar-refractivity contribution is 6.07. The zero-order valence-corrected chi connectivity index (χ0v) is 18.0. The fourth-order valence-electron chi connectivity index (χ4n) is 4.80. The first-order valence-corrected chi connectivity index (χ1v) is 10.5. The van der Waals surface area contributed by atoms with Crippen molar-refractivity contribution in [1.82, 2.24) is 4.90 Å². The van der Waals surface area contributed by atoms with Gasteiger partial charge >= 0.3 is 5.97 Å². The fraction of sp³-hybridized carbons (Fsp3) is 0.417. The van der Waals surface area contributed by atoms with Gasteiger partial charge in [-0.1, -0.05) is 44.2 Å². The molecule has 1 aliphatic carbocycles. The number of ether oxygens (including phenoxy) is 1. The lowest BCUT2D eigenvalue weighted by molar-refractivity contribution is -0.154. The molecule has 1 aromatic carbocycles. The highest BCUT2D eigenvalue weighted by atomic mass is 16.5. The molecule has 7 heteroatoms. The van der Waals surface area contributed by atoms with Crippen molar-refractivity contribution in [1.29, 1.82) is 0 Å². The maximum Gasteiger partial charge on any atom is 0.326 e. The predicted molar refractivity (Wildman–Crippen MR) is 114 cm³/mol. The van der Waals surface area contributed by atoms with Gasteiger partial charge in [-0.05, 0) is 24.5 Å². The van der Waals surface area contributed by atoms with Crippen LogP contribution in [0.1, 0.15) is 32.3 Å². The summed E-state index contributed by atoms with van der Waals surface area (Å²) >= 11 is 0. The van der Waals surface area contributed by atoms with Gasteiger partial charge in [0.1, 0.15) is 6.54 Å². The lowest BCUT2D eigenvalue weighted by atomic mass is 9.83. The van der Waals surface area contributed by atoms with E-state index in [0.29, 0.717) is 12.8 Å². The van der Waals surface area contributed by atoms with Gasteiger partial charge < -0.3 is 9.64 Å². The van der Waals surface area contributed by atoms with Crippen molar-refractivity contribution in [2.24, 2.45) is 11.8 Å². The molecule has 2 amide bonds. The number of carbonyl (C=O) groups excluding carboxylic acids is 4. The molecule has 2 atom stereocenters. The van der Waals surface area contributed by atoms with Gasteiger partial charge in [0.05, 0.1) is 11.8 Å². The summed E-state index contributed by atoms with van der Waals surface area (Å²) in [5, 5.41) is 0. The number of anilines is 1. The first kappa shape index (κ1) is 21.0. The molecule has 0 N–H and O–H groups in total. The van der Waals surface area contributed by atoms with Crippen molar-refractivity contribution in [3.63, 3.8) is 0 Å². The smallest absolute Gasteiger partial charge is 0.326 e. The van der Waals surface area contributed by atoms with Gasteiger partial charge in [0, 0.05) is 29.9 Å². The summed E-state index contributed by atoms with van der Waals surface area (Å²) in [7, 11) is 1.90. The van der Waals surface area contributed by atoms with E-state index < -0.39 is 31.0 Å². The summed E-state index contributed by atoms with van der Waals surface area (Å²) in [4.78, 5) is 52.6. The molecule has 2 aliphatic heterocycles. The molecule has 0 aromatic heterocycles. The van der Waals surface area contributed by atoms with Crippen LogP contribution < -0.4 is 4.90 Å². The Morgan fingerprint density at radius 2 is 1.71 bits per heavy atom. The zero-order valence-electron chi connectivity index (χ0n) is 18.0. The molecule has 2 unspecified atom stereocenters. The Labute approximate surface area is 181 Å². The molecule has 31 heavy (non-hydrogen) atoms. The summed E-state index contributed by atoms with van der Waals surface area (Å²) in [6.45, 7) is 3.19. The van der Waals surface area contributed by atoms with Gasteiger partial charge in [0.15, 0.2) is 12.4 Å². The number of carbonyl (C=O) groups is 4. The van der Waals surface area contributed by atoms with E-state index in [2.05, 4.69) is 0 Å². The third kappa shape index (κ3) is 3.58. The van der Waals surface area contributed by atoms with E-state index in [0.717, 1.165) is 21.8 Å². The molecule has 4 rings (SSSR count). The Morgan fingerprint density at radius 1 is 1.10 bits per heavy atom. The van der Waals surface area contributed by atoms with E-state index in [1.54, 1.807) is 0 Å². The van der Waals surface area contributed by atoms with Crippen LogP contribution in [0.3, 0.4) is 0 Å². The second-order valence-corrected chi connectivity index (χ2v) is 8.78. The molecular formula is C24H26N2O5. The topological polar surface area (TPSA) is 84.0 Å². The quantitative estimate of drug-likeness (QED) is 0.314. The Balaban J connectivity index is 1.37. The second-order valence-electron chi connectivity index (χ2n) is 8.78. The van der Waals surface area contributed by atoms with E-state index in [1.807, 2.05) is 62.2 Å². The highest BCUT2D eigenvalue weighted by Gasteiger charge is 2.47. The number of imide groups is 1. The number of hydrogen-bond acceptors (Lipinski definition) is 6. The third-order valence-electron chi connectivity index (χ3n) is 6.50. The molecule has 1 saturated heterocycles. The molecule has 0 bridgehead atoms. The van der Waals surface area contributed by atoms with Crippen LogP contribution in [0.25, 0.3) is 0 Å². The van der Waals surface area contributed by atoms with Gasteiger partial charge in [0.25, 0.3) is 0 Å². The first-order valence-electron chi connectivity index (χ1n) is 10.5. The predicted octanol–water partition coefficient (Wildman–Crippen LogP) is 2.36. The highest BCUT2D eigenvalue weighted by Crippen LogP contribution is 2.46. The molecular weight excluding hydrogens is 396 g/mol. The minimum atomic E-state index is -0.762. The van der Waals surface area contributed by atoms with Crippen LogP contribution >= 0.6 is 0 Å². The summed E-state index contributed by atoms with van der Waals surface area (Å²) < 4.78 is 5.09. The van der Waals surface area contributed by atoms with E-state index in [-0.39, 0.29) is 23.0 Å². The summed E-state index contributed by atoms with van der Waals surface area (Å²) in [6, 6.07) is 7.95. The molecule has 1 aromatic rings. The van der Waals surface area contributed by atoms with Crippen LogP contribution in [0.2, 0.25) is 0 Å². The number of ketones is 1. The van der Waals surface area contributed by atoms with Crippen LogP contribution in [-0.4, -0.2) is 48.7 Å². The maximum absolute atomic E-state index is 12.5. The minimum Gasteiger partial charge on any atom is -0.456 e. The largest absolute Gasteiger partial charge is 0.456 e. The summed E-state index contributed by atoms with van der Waals surface area (Å²) in [5.41, 5.74) is 2.61. The number of likely N-dealkylation sites (N-methyl/N-ethyl adjacent to an activating group) is 1. The normalized spacial score (nSPS) is 25.1.